The lowest BCUT2D eigenvalue weighted by atomic mass is 9.85. The fraction of sp³-hybridized carbons (Fsp3) is 0.414. The van der Waals surface area contributed by atoms with Crippen LogP contribution in [0.1, 0.15) is 73.8 Å². The van der Waals surface area contributed by atoms with E-state index in [1.807, 2.05) is 13.0 Å². The lowest BCUT2D eigenvalue weighted by Crippen LogP contribution is -2.19. The third-order valence-corrected chi connectivity index (χ3v) is 8.60. The Kier molecular flexibility index (Phi) is 7.29. The minimum Gasteiger partial charge on any atom is -0.507 e. The number of sulfonamides is 1. The summed E-state index contributed by atoms with van der Waals surface area (Å²) in [5.41, 5.74) is 1.73. The molecule has 5 rings (SSSR count). The summed E-state index contributed by atoms with van der Waals surface area (Å²) in [6.45, 7) is 2.27. The Morgan fingerprint density at radius 2 is 1.81 bits per heavy atom. The minimum atomic E-state index is -3.86. The van der Waals surface area contributed by atoms with E-state index in [2.05, 4.69) is 4.72 Å². The molecule has 37 heavy (non-hydrogen) atoms. The number of nitrogens with one attached hydrogen (secondary N) is 1. The molecule has 2 aliphatic rings. The second-order valence-corrected chi connectivity index (χ2v) is 11.6. The zero-order valence-electron chi connectivity index (χ0n) is 21.0. The van der Waals surface area contributed by atoms with E-state index in [0.717, 1.165) is 49.7 Å². The molecule has 1 saturated carbocycles. The van der Waals surface area contributed by atoms with E-state index in [9.17, 15) is 18.3 Å². The van der Waals surface area contributed by atoms with Crippen molar-refractivity contribution in [1.82, 2.24) is 0 Å². The summed E-state index contributed by atoms with van der Waals surface area (Å²) in [6.07, 6.45) is 7.29. The van der Waals surface area contributed by atoms with Crippen LogP contribution in [0.5, 0.6) is 11.5 Å². The fourth-order valence-electron chi connectivity index (χ4n) is 5.31. The standard InChI is InChI=1S/C29H33NO6S/c1-2-35-22-11-8-12-23(18-22)37(33,34)30-21-10-7-9-20(17-21)26(19-15-16-19)27-28(31)24-13-5-3-4-6-14-25(24)36-29(27)32/h7-12,17-19,26,30-31H,2-6,13-16H2,1H3. The van der Waals surface area contributed by atoms with Crippen molar-refractivity contribution in [3.63, 3.8) is 0 Å². The highest BCUT2D eigenvalue weighted by molar-refractivity contribution is 7.92. The van der Waals surface area contributed by atoms with Crippen LogP contribution in [0.15, 0.2) is 62.6 Å². The van der Waals surface area contributed by atoms with E-state index in [1.165, 1.54) is 12.1 Å². The average molecular weight is 524 g/mol. The monoisotopic (exact) mass is 523 g/mol. The molecule has 2 N–H and O–H groups in total. The highest BCUT2D eigenvalue weighted by atomic mass is 32.2. The van der Waals surface area contributed by atoms with Crippen LogP contribution >= 0.6 is 0 Å². The fourth-order valence-corrected chi connectivity index (χ4v) is 6.39. The van der Waals surface area contributed by atoms with E-state index in [0.29, 0.717) is 42.2 Å². The Morgan fingerprint density at radius 3 is 2.57 bits per heavy atom. The molecular weight excluding hydrogens is 490 g/mol. The summed E-state index contributed by atoms with van der Waals surface area (Å²) < 4.78 is 40.1. The van der Waals surface area contributed by atoms with Crippen molar-refractivity contribution in [3.8, 4) is 11.5 Å². The summed E-state index contributed by atoms with van der Waals surface area (Å²) in [5.74, 6) is 0.974. The van der Waals surface area contributed by atoms with Crippen LogP contribution in [0.3, 0.4) is 0 Å². The normalized spacial score (nSPS) is 16.8. The lowest BCUT2D eigenvalue weighted by Gasteiger charge is -2.22. The summed E-state index contributed by atoms with van der Waals surface area (Å²) in [7, 11) is -3.86. The van der Waals surface area contributed by atoms with Gasteiger partial charge in [-0.3, -0.25) is 4.72 Å². The number of benzene rings is 2. The Hall–Kier alpha value is -3.26. The number of hydrogen-bond donors (Lipinski definition) is 2. The first-order chi connectivity index (χ1) is 17.9. The molecule has 0 aliphatic heterocycles. The number of ether oxygens (including phenoxy) is 1. The number of aromatic hydroxyl groups is 1. The van der Waals surface area contributed by atoms with Gasteiger partial charge in [0.2, 0.25) is 0 Å². The molecule has 2 aliphatic carbocycles. The van der Waals surface area contributed by atoms with Crippen molar-refractivity contribution >= 4 is 15.7 Å². The first-order valence-corrected chi connectivity index (χ1v) is 14.6. The SMILES string of the molecule is CCOc1cccc(S(=O)(=O)Nc2cccc(C(c3c(O)c4c(oc3=O)CCCCCC4)C3CC3)c2)c1. The smallest absolute Gasteiger partial charge is 0.343 e. The van der Waals surface area contributed by atoms with Gasteiger partial charge in [-0.1, -0.05) is 31.0 Å². The Bertz CT molecular complexity index is 1440. The number of fused-ring (bicyclic) bond motifs is 1. The van der Waals surface area contributed by atoms with Crippen molar-refractivity contribution in [2.24, 2.45) is 5.92 Å². The Labute approximate surface area is 217 Å². The van der Waals surface area contributed by atoms with Gasteiger partial charge in [0, 0.05) is 29.7 Å². The molecule has 1 fully saturated rings. The minimum absolute atomic E-state index is 0.0590. The molecular formula is C29H33NO6S. The average Bonchev–Trinajstić information content (AvgIpc) is 3.68. The second kappa shape index (κ2) is 10.6. The lowest BCUT2D eigenvalue weighted by molar-refractivity contribution is 0.339. The largest absolute Gasteiger partial charge is 0.507 e. The van der Waals surface area contributed by atoms with Gasteiger partial charge in [0.05, 0.1) is 17.1 Å². The predicted octanol–water partition coefficient (Wildman–Crippen LogP) is 5.75. The predicted molar refractivity (Wildman–Crippen MR) is 142 cm³/mol. The van der Waals surface area contributed by atoms with Crippen LogP contribution in [-0.4, -0.2) is 20.1 Å². The summed E-state index contributed by atoms with van der Waals surface area (Å²) in [6, 6.07) is 13.4. The first-order valence-electron chi connectivity index (χ1n) is 13.1. The number of anilines is 1. The zero-order chi connectivity index (χ0) is 26.0. The quantitative estimate of drug-likeness (QED) is 0.390. The number of aryl methyl sites for hydroxylation is 1. The third-order valence-electron chi connectivity index (χ3n) is 7.22. The molecule has 0 saturated heterocycles. The van der Waals surface area contributed by atoms with Gasteiger partial charge in [0.15, 0.2) is 0 Å². The van der Waals surface area contributed by atoms with Crippen LogP contribution < -0.4 is 15.1 Å². The highest BCUT2D eigenvalue weighted by Crippen LogP contribution is 2.49. The summed E-state index contributed by atoms with van der Waals surface area (Å²) >= 11 is 0. The van der Waals surface area contributed by atoms with Gasteiger partial charge in [0.25, 0.3) is 10.0 Å². The van der Waals surface area contributed by atoms with Gasteiger partial charge in [-0.2, -0.15) is 0 Å². The molecule has 1 unspecified atom stereocenters. The van der Waals surface area contributed by atoms with Crippen molar-refractivity contribution < 1.29 is 22.7 Å². The molecule has 196 valence electrons. The van der Waals surface area contributed by atoms with Gasteiger partial charge >= 0.3 is 5.63 Å². The molecule has 0 bridgehead atoms. The van der Waals surface area contributed by atoms with E-state index < -0.39 is 15.6 Å². The molecule has 0 amide bonds. The molecule has 1 heterocycles. The van der Waals surface area contributed by atoms with E-state index >= 15 is 0 Å². The zero-order valence-corrected chi connectivity index (χ0v) is 21.9. The molecule has 3 aromatic rings. The Morgan fingerprint density at radius 1 is 1.05 bits per heavy atom. The van der Waals surface area contributed by atoms with E-state index in [4.69, 9.17) is 9.15 Å². The van der Waals surface area contributed by atoms with Crippen LogP contribution in [-0.2, 0) is 22.9 Å². The van der Waals surface area contributed by atoms with Crippen molar-refractivity contribution in [2.75, 3.05) is 11.3 Å². The molecule has 8 heteroatoms. The van der Waals surface area contributed by atoms with Gasteiger partial charge in [-0.25, -0.2) is 13.2 Å². The van der Waals surface area contributed by atoms with Gasteiger partial charge < -0.3 is 14.3 Å². The maximum Gasteiger partial charge on any atom is 0.343 e. The molecule has 0 radical (unpaired) electrons. The van der Waals surface area contributed by atoms with Crippen LogP contribution in [0.2, 0.25) is 0 Å². The topological polar surface area (TPSA) is 106 Å². The van der Waals surface area contributed by atoms with Crippen molar-refractivity contribution in [1.29, 1.82) is 0 Å². The third kappa shape index (κ3) is 5.54. The Balaban J connectivity index is 1.49. The van der Waals surface area contributed by atoms with Gasteiger partial charge in [-0.05, 0) is 74.8 Å². The maximum atomic E-state index is 13.2. The molecule has 1 aromatic heterocycles. The molecule has 2 aromatic carbocycles. The maximum absolute atomic E-state index is 13.2. The van der Waals surface area contributed by atoms with Gasteiger partial charge in [0.1, 0.15) is 17.3 Å². The van der Waals surface area contributed by atoms with Crippen LogP contribution in [0.25, 0.3) is 0 Å². The highest BCUT2D eigenvalue weighted by Gasteiger charge is 2.38. The van der Waals surface area contributed by atoms with Gasteiger partial charge in [-0.15, -0.1) is 0 Å². The van der Waals surface area contributed by atoms with Crippen LogP contribution in [0, 0.1) is 5.92 Å². The summed E-state index contributed by atoms with van der Waals surface area (Å²) in [5, 5.41) is 11.3. The second-order valence-electron chi connectivity index (χ2n) is 9.92. The first kappa shape index (κ1) is 25.4. The van der Waals surface area contributed by atoms with Crippen LogP contribution in [0.4, 0.5) is 5.69 Å². The summed E-state index contributed by atoms with van der Waals surface area (Å²) in [4.78, 5) is 13.3. The van der Waals surface area contributed by atoms with E-state index in [-0.39, 0.29) is 22.5 Å². The van der Waals surface area contributed by atoms with E-state index in [1.54, 1.807) is 30.3 Å². The van der Waals surface area contributed by atoms with Crippen molar-refractivity contribution in [2.45, 2.75) is 69.1 Å². The molecule has 1 atom stereocenters. The molecule has 7 nitrogen and oxygen atoms in total. The number of hydrogen-bond acceptors (Lipinski definition) is 6. The van der Waals surface area contributed by atoms with Crippen molar-refractivity contribution in [3.05, 3.63) is 81.4 Å². The number of rotatable bonds is 8. The molecule has 0 spiro atoms.